The number of aromatic nitrogens is 1. The Hall–Kier alpha value is -2.62. The minimum atomic E-state index is -1.03. The van der Waals surface area contributed by atoms with E-state index in [9.17, 15) is 13.2 Å². The van der Waals surface area contributed by atoms with Crippen molar-refractivity contribution in [1.29, 1.82) is 0 Å². The number of pyridine rings is 1. The van der Waals surface area contributed by atoms with E-state index in [2.05, 4.69) is 4.98 Å². The molecule has 2 aromatic carbocycles. The molecule has 0 bridgehead atoms. The second-order valence-electron chi connectivity index (χ2n) is 5.05. The molecular formula is C19H16F3N. The van der Waals surface area contributed by atoms with Gasteiger partial charge in [-0.25, -0.2) is 13.2 Å². The Labute approximate surface area is 133 Å². The fourth-order valence-corrected chi connectivity index (χ4v) is 2.20. The van der Waals surface area contributed by atoms with E-state index in [-0.39, 0.29) is 18.7 Å². The lowest BCUT2D eigenvalue weighted by atomic mass is 10.0. The van der Waals surface area contributed by atoms with Gasteiger partial charge in [0.05, 0.1) is 0 Å². The first-order valence-corrected chi connectivity index (χ1v) is 6.72. The van der Waals surface area contributed by atoms with Gasteiger partial charge in [0, 0.05) is 17.3 Å². The van der Waals surface area contributed by atoms with Crippen LogP contribution in [0.2, 0.25) is 0 Å². The average molecular weight is 315 g/mol. The Kier molecular flexibility index (Phi) is 4.84. The van der Waals surface area contributed by atoms with Crippen molar-refractivity contribution in [3.8, 4) is 22.4 Å². The van der Waals surface area contributed by atoms with Crippen molar-refractivity contribution in [3.63, 3.8) is 0 Å². The van der Waals surface area contributed by atoms with Crippen molar-refractivity contribution in [1.82, 2.24) is 4.98 Å². The lowest BCUT2D eigenvalue weighted by Gasteiger charge is -2.07. The first kappa shape index (κ1) is 16.7. The third-order valence-corrected chi connectivity index (χ3v) is 3.42. The zero-order valence-corrected chi connectivity index (χ0v) is 11.8. The number of halogens is 3. The van der Waals surface area contributed by atoms with E-state index >= 15 is 0 Å². The summed E-state index contributed by atoms with van der Waals surface area (Å²) in [5.41, 5.74) is 2.77. The highest BCUT2D eigenvalue weighted by Gasteiger charge is 2.11. The Bertz CT molecular complexity index is 827. The summed E-state index contributed by atoms with van der Waals surface area (Å²) in [5.74, 6) is -2.58. The molecule has 0 fully saturated rings. The van der Waals surface area contributed by atoms with Crippen LogP contribution in [0.15, 0.2) is 54.7 Å². The van der Waals surface area contributed by atoms with Crippen molar-refractivity contribution in [2.24, 2.45) is 0 Å². The predicted molar refractivity (Wildman–Crippen MR) is 86.5 cm³/mol. The van der Waals surface area contributed by atoms with Crippen LogP contribution in [0, 0.1) is 24.4 Å². The molecule has 0 N–H and O–H groups in total. The second kappa shape index (κ2) is 6.65. The van der Waals surface area contributed by atoms with Gasteiger partial charge in [0.25, 0.3) is 0 Å². The highest BCUT2D eigenvalue weighted by Crippen LogP contribution is 2.26. The van der Waals surface area contributed by atoms with Gasteiger partial charge in [-0.3, -0.25) is 4.98 Å². The zero-order chi connectivity index (χ0) is 15.7. The highest BCUT2D eigenvalue weighted by atomic mass is 19.2. The number of hydrogen-bond donors (Lipinski definition) is 0. The maximum Gasteiger partial charge on any atom is 0.159 e. The van der Waals surface area contributed by atoms with Gasteiger partial charge < -0.3 is 0 Å². The SMILES string of the molecule is C.Cc1ccc(-c2cnc(-c3ccc(F)c(F)c3)c(F)c2)cc1. The largest absolute Gasteiger partial charge is 0.253 e. The van der Waals surface area contributed by atoms with Gasteiger partial charge in [-0.05, 0) is 36.8 Å². The topological polar surface area (TPSA) is 12.9 Å². The molecule has 1 heterocycles. The molecule has 0 saturated heterocycles. The van der Waals surface area contributed by atoms with Gasteiger partial charge in [0.15, 0.2) is 11.6 Å². The summed E-state index contributed by atoms with van der Waals surface area (Å²) >= 11 is 0. The zero-order valence-electron chi connectivity index (χ0n) is 11.8. The monoisotopic (exact) mass is 315 g/mol. The van der Waals surface area contributed by atoms with E-state index in [0.29, 0.717) is 5.56 Å². The number of nitrogens with zero attached hydrogens (tertiary/aromatic N) is 1. The predicted octanol–water partition coefficient (Wildman–Crippen LogP) is 5.78. The van der Waals surface area contributed by atoms with Gasteiger partial charge in [-0.15, -0.1) is 0 Å². The molecule has 0 spiro atoms. The maximum atomic E-state index is 14.3. The molecule has 0 atom stereocenters. The first-order chi connectivity index (χ1) is 10.5. The van der Waals surface area contributed by atoms with Crippen molar-refractivity contribution in [3.05, 3.63) is 77.7 Å². The van der Waals surface area contributed by atoms with Crippen LogP contribution in [0.4, 0.5) is 13.2 Å². The van der Waals surface area contributed by atoms with Crippen LogP contribution >= 0.6 is 0 Å². The molecule has 0 aliphatic heterocycles. The van der Waals surface area contributed by atoms with E-state index in [0.717, 1.165) is 23.3 Å². The third kappa shape index (κ3) is 3.42. The van der Waals surface area contributed by atoms with E-state index in [1.54, 1.807) is 0 Å². The molecule has 0 aliphatic carbocycles. The molecule has 1 nitrogen and oxygen atoms in total. The van der Waals surface area contributed by atoms with Gasteiger partial charge in [0.2, 0.25) is 0 Å². The third-order valence-electron chi connectivity index (χ3n) is 3.42. The Morgan fingerprint density at radius 3 is 1.91 bits per heavy atom. The Balaban J connectivity index is 0.00000192. The van der Waals surface area contributed by atoms with Crippen LogP contribution in [0.5, 0.6) is 0 Å². The van der Waals surface area contributed by atoms with E-state index < -0.39 is 17.5 Å². The smallest absolute Gasteiger partial charge is 0.159 e. The minimum absolute atomic E-state index is 0. The molecule has 0 unspecified atom stereocenters. The van der Waals surface area contributed by atoms with Crippen LogP contribution in [0.25, 0.3) is 22.4 Å². The van der Waals surface area contributed by atoms with E-state index in [4.69, 9.17) is 0 Å². The van der Waals surface area contributed by atoms with E-state index in [1.165, 1.54) is 18.3 Å². The van der Waals surface area contributed by atoms with Gasteiger partial charge in [-0.2, -0.15) is 0 Å². The summed E-state index contributed by atoms with van der Waals surface area (Å²) in [6.07, 6.45) is 1.52. The normalized spacial score (nSPS) is 10.3. The molecule has 3 aromatic rings. The van der Waals surface area contributed by atoms with Crippen molar-refractivity contribution < 1.29 is 13.2 Å². The highest BCUT2D eigenvalue weighted by molar-refractivity contribution is 5.67. The summed E-state index contributed by atoms with van der Waals surface area (Å²) in [7, 11) is 0. The minimum Gasteiger partial charge on any atom is -0.253 e. The van der Waals surface area contributed by atoms with Crippen LogP contribution < -0.4 is 0 Å². The second-order valence-corrected chi connectivity index (χ2v) is 5.05. The van der Waals surface area contributed by atoms with Crippen molar-refractivity contribution >= 4 is 0 Å². The lowest BCUT2D eigenvalue weighted by molar-refractivity contribution is 0.509. The van der Waals surface area contributed by atoms with Crippen molar-refractivity contribution in [2.75, 3.05) is 0 Å². The molecule has 0 saturated carbocycles. The molecule has 0 aliphatic rings. The summed E-state index contributed by atoms with van der Waals surface area (Å²) in [6.45, 7) is 1.97. The van der Waals surface area contributed by atoms with Gasteiger partial charge >= 0.3 is 0 Å². The molecular weight excluding hydrogens is 299 g/mol. The van der Waals surface area contributed by atoms with Crippen LogP contribution in [0.1, 0.15) is 13.0 Å². The molecule has 1 aromatic heterocycles. The quantitative estimate of drug-likeness (QED) is 0.584. The van der Waals surface area contributed by atoms with Crippen LogP contribution in [-0.4, -0.2) is 4.98 Å². The molecule has 0 radical (unpaired) electrons. The lowest BCUT2D eigenvalue weighted by Crippen LogP contribution is -1.93. The van der Waals surface area contributed by atoms with E-state index in [1.807, 2.05) is 31.2 Å². The molecule has 118 valence electrons. The first-order valence-electron chi connectivity index (χ1n) is 6.72. The Morgan fingerprint density at radius 1 is 0.696 bits per heavy atom. The fourth-order valence-electron chi connectivity index (χ4n) is 2.20. The van der Waals surface area contributed by atoms with Crippen LogP contribution in [0.3, 0.4) is 0 Å². The van der Waals surface area contributed by atoms with Gasteiger partial charge in [-0.1, -0.05) is 37.3 Å². The number of benzene rings is 2. The summed E-state index contributed by atoms with van der Waals surface area (Å²) in [4.78, 5) is 4.05. The summed E-state index contributed by atoms with van der Waals surface area (Å²) < 4.78 is 40.5. The average Bonchev–Trinajstić information content (AvgIpc) is 2.51. The summed E-state index contributed by atoms with van der Waals surface area (Å²) in [6, 6.07) is 12.1. The van der Waals surface area contributed by atoms with Crippen molar-refractivity contribution in [2.45, 2.75) is 14.4 Å². The molecule has 23 heavy (non-hydrogen) atoms. The van der Waals surface area contributed by atoms with Crippen LogP contribution in [-0.2, 0) is 0 Å². The standard InChI is InChI=1S/C18H12F3N.CH4/c1-11-2-4-12(5-3-11)14-9-17(21)18(22-10-14)13-6-7-15(19)16(20)8-13;/h2-10H,1H3;1H4. The molecule has 4 heteroatoms. The fraction of sp³-hybridized carbons (Fsp3) is 0.105. The number of hydrogen-bond acceptors (Lipinski definition) is 1. The maximum absolute atomic E-state index is 14.3. The van der Waals surface area contributed by atoms with Gasteiger partial charge in [0.1, 0.15) is 11.5 Å². The summed E-state index contributed by atoms with van der Waals surface area (Å²) in [5, 5.41) is 0. The molecule has 3 rings (SSSR count). The number of aryl methyl sites for hydroxylation is 1. The Morgan fingerprint density at radius 2 is 1.30 bits per heavy atom. The molecule has 0 amide bonds. The number of rotatable bonds is 2.